The first-order chi connectivity index (χ1) is 10.5. The van der Waals surface area contributed by atoms with E-state index in [2.05, 4.69) is 16.5 Å². The second kappa shape index (κ2) is 7.50. The summed E-state index contributed by atoms with van der Waals surface area (Å²) < 4.78 is 16.6. The Morgan fingerprint density at radius 3 is 2.05 bits per heavy atom. The minimum Gasteiger partial charge on any atom is -0.234 e. The van der Waals surface area contributed by atoms with Gasteiger partial charge in [-0.15, -0.1) is 0 Å². The number of hydrogen-bond donors (Lipinski definition) is 0. The van der Waals surface area contributed by atoms with Gasteiger partial charge in [-0.2, -0.15) is 4.40 Å². The molecule has 0 heterocycles. The van der Waals surface area contributed by atoms with Crippen LogP contribution >= 0.6 is 0 Å². The second-order valence-corrected chi connectivity index (χ2v) is 8.16. The van der Waals surface area contributed by atoms with E-state index in [1.807, 2.05) is 69.3 Å². The van der Waals surface area contributed by atoms with E-state index >= 15 is 0 Å². The molecule has 2 rings (SSSR count). The van der Waals surface area contributed by atoms with Gasteiger partial charge in [0, 0.05) is 0 Å². The Kier molecular flexibility index (Phi) is 5.67. The van der Waals surface area contributed by atoms with Crippen LogP contribution in [0.3, 0.4) is 0 Å². The van der Waals surface area contributed by atoms with Gasteiger partial charge < -0.3 is 0 Å². The standard InChI is InChI=1S/C19H23NOS/c1-19(2,3)22(21)20-18(17-12-8-5-9-13-17)15-14-16-10-6-4-7-11-16/h4-13H,14-15H2,1-3H3/b20-18-. The molecule has 116 valence electrons. The van der Waals surface area contributed by atoms with Crippen molar-refractivity contribution in [2.75, 3.05) is 0 Å². The lowest BCUT2D eigenvalue weighted by Crippen LogP contribution is -2.21. The fourth-order valence-corrected chi connectivity index (χ4v) is 2.69. The molecule has 22 heavy (non-hydrogen) atoms. The summed E-state index contributed by atoms with van der Waals surface area (Å²) >= 11 is 0. The Balaban J connectivity index is 2.23. The van der Waals surface area contributed by atoms with Crippen molar-refractivity contribution >= 4 is 16.7 Å². The molecule has 0 fully saturated rings. The van der Waals surface area contributed by atoms with Crippen LogP contribution in [-0.2, 0) is 17.4 Å². The van der Waals surface area contributed by atoms with E-state index in [4.69, 9.17) is 0 Å². The maximum absolute atomic E-state index is 12.4. The van der Waals surface area contributed by atoms with Crippen LogP contribution in [0.2, 0.25) is 0 Å². The van der Waals surface area contributed by atoms with Crippen LogP contribution in [0.5, 0.6) is 0 Å². The third kappa shape index (κ3) is 4.92. The quantitative estimate of drug-likeness (QED) is 0.743. The highest BCUT2D eigenvalue weighted by Crippen LogP contribution is 2.16. The van der Waals surface area contributed by atoms with Gasteiger partial charge in [-0.3, -0.25) is 0 Å². The van der Waals surface area contributed by atoms with Crippen LogP contribution in [0.1, 0.15) is 38.3 Å². The van der Waals surface area contributed by atoms with Gasteiger partial charge in [0.1, 0.15) is 11.0 Å². The van der Waals surface area contributed by atoms with Crippen molar-refractivity contribution < 1.29 is 4.21 Å². The number of aryl methyl sites for hydroxylation is 1. The summed E-state index contributed by atoms with van der Waals surface area (Å²) in [5.74, 6) is 0. The van der Waals surface area contributed by atoms with Crippen molar-refractivity contribution in [3.63, 3.8) is 0 Å². The molecule has 0 saturated carbocycles. The van der Waals surface area contributed by atoms with Gasteiger partial charge in [0.2, 0.25) is 0 Å². The smallest absolute Gasteiger partial charge is 0.145 e. The minimum absolute atomic E-state index is 0.340. The summed E-state index contributed by atoms with van der Waals surface area (Å²) in [6.45, 7) is 5.85. The molecule has 2 nitrogen and oxygen atoms in total. The Labute approximate surface area is 135 Å². The maximum atomic E-state index is 12.4. The third-order valence-corrected chi connectivity index (χ3v) is 4.75. The molecule has 0 N–H and O–H groups in total. The Morgan fingerprint density at radius 2 is 1.50 bits per heavy atom. The average Bonchev–Trinajstić information content (AvgIpc) is 2.52. The topological polar surface area (TPSA) is 29.4 Å². The SMILES string of the molecule is CC(C)(C)S(=O)/N=C(/CCc1ccccc1)c1ccccc1. The van der Waals surface area contributed by atoms with Gasteiger partial charge in [-0.05, 0) is 44.7 Å². The zero-order valence-electron chi connectivity index (χ0n) is 13.5. The Morgan fingerprint density at radius 1 is 0.955 bits per heavy atom. The summed E-state index contributed by atoms with van der Waals surface area (Å²) in [4.78, 5) is 0. The van der Waals surface area contributed by atoms with Crippen molar-refractivity contribution in [3.05, 3.63) is 71.8 Å². The monoisotopic (exact) mass is 313 g/mol. The number of hydrogen-bond acceptors (Lipinski definition) is 1. The van der Waals surface area contributed by atoms with Gasteiger partial charge in [0.05, 0.1) is 10.5 Å². The zero-order chi connectivity index (χ0) is 16.0. The van der Waals surface area contributed by atoms with Gasteiger partial charge in [0.25, 0.3) is 0 Å². The molecular formula is C19H23NOS. The predicted molar refractivity (Wildman–Crippen MR) is 95.6 cm³/mol. The summed E-state index contributed by atoms with van der Waals surface area (Å²) in [7, 11) is -1.24. The first-order valence-corrected chi connectivity index (χ1v) is 8.66. The van der Waals surface area contributed by atoms with E-state index in [-0.39, 0.29) is 4.75 Å². The lowest BCUT2D eigenvalue weighted by Gasteiger charge is -2.15. The van der Waals surface area contributed by atoms with E-state index in [1.54, 1.807) is 0 Å². The van der Waals surface area contributed by atoms with Crippen molar-refractivity contribution in [2.45, 2.75) is 38.4 Å². The molecule has 0 spiro atoms. The van der Waals surface area contributed by atoms with Crippen molar-refractivity contribution in [1.82, 2.24) is 0 Å². The molecule has 2 aromatic carbocycles. The molecule has 0 radical (unpaired) electrons. The fourth-order valence-electron chi connectivity index (χ4n) is 2.02. The molecule has 0 aliphatic heterocycles. The summed E-state index contributed by atoms with van der Waals surface area (Å²) in [5.41, 5.74) is 3.24. The molecule has 0 amide bonds. The van der Waals surface area contributed by atoms with E-state index in [1.165, 1.54) is 5.56 Å². The van der Waals surface area contributed by atoms with Crippen LogP contribution in [0.25, 0.3) is 0 Å². The molecular weight excluding hydrogens is 290 g/mol. The Hall–Kier alpha value is -1.74. The van der Waals surface area contributed by atoms with Crippen molar-refractivity contribution in [1.29, 1.82) is 0 Å². The van der Waals surface area contributed by atoms with Crippen molar-refractivity contribution in [2.24, 2.45) is 4.40 Å². The second-order valence-electron chi connectivity index (χ2n) is 6.25. The van der Waals surface area contributed by atoms with Crippen LogP contribution < -0.4 is 0 Å². The number of nitrogens with zero attached hydrogens (tertiary/aromatic N) is 1. The zero-order valence-corrected chi connectivity index (χ0v) is 14.3. The highest BCUT2D eigenvalue weighted by Gasteiger charge is 2.20. The highest BCUT2D eigenvalue weighted by molar-refractivity contribution is 7.85. The highest BCUT2D eigenvalue weighted by atomic mass is 32.2. The number of benzene rings is 2. The normalized spacial score (nSPS) is 13.9. The summed E-state index contributed by atoms with van der Waals surface area (Å²) in [5, 5.41) is 0. The molecule has 3 heteroatoms. The van der Waals surface area contributed by atoms with E-state index in [0.717, 1.165) is 24.1 Å². The molecule has 0 aliphatic rings. The molecule has 0 aromatic heterocycles. The summed E-state index contributed by atoms with van der Waals surface area (Å²) in [6, 6.07) is 20.4. The lowest BCUT2D eigenvalue weighted by atomic mass is 10.0. The molecule has 0 saturated heterocycles. The first-order valence-electron chi connectivity index (χ1n) is 7.56. The van der Waals surface area contributed by atoms with Crippen LogP contribution in [-0.4, -0.2) is 14.7 Å². The van der Waals surface area contributed by atoms with E-state index < -0.39 is 11.0 Å². The fraction of sp³-hybridized carbons (Fsp3) is 0.316. The van der Waals surface area contributed by atoms with Crippen LogP contribution in [0.15, 0.2) is 65.1 Å². The molecule has 2 aromatic rings. The summed E-state index contributed by atoms with van der Waals surface area (Å²) in [6.07, 6.45) is 1.69. The van der Waals surface area contributed by atoms with Gasteiger partial charge in [-0.1, -0.05) is 60.7 Å². The van der Waals surface area contributed by atoms with Crippen LogP contribution in [0, 0.1) is 0 Å². The van der Waals surface area contributed by atoms with Crippen LogP contribution in [0.4, 0.5) is 0 Å². The maximum Gasteiger partial charge on any atom is 0.145 e. The number of rotatable bonds is 5. The average molecular weight is 313 g/mol. The minimum atomic E-state index is -1.24. The molecule has 0 aliphatic carbocycles. The van der Waals surface area contributed by atoms with Crippen molar-refractivity contribution in [3.8, 4) is 0 Å². The van der Waals surface area contributed by atoms with Gasteiger partial charge in [-0.25, -0.2) is 4.21 Å². The third-order valence-electron chi connectivity index (χ3n) is 3.32. The van der Waals surface area contributed by atoms with E-state index in [9.17, 15) is 4.21 Å². The van der Waals surface area contributed by atoms with E-state index in [0.29, 0.717) is 0 Å². The predicted octanol–water partition coefficient (Wildman–Crippen LogP) is 4.57. The first kappa shape index (κ1) is 16.6. The Bertz CT molecular complexity index is 642. The van der Waals surface area contributed by atoms with Gasteiger partial charge in [0.15, 0.2) is 0 Å². The lowest BCUT2D eigenvalue weighted by molar-refractivity contribution is 0.650. The van der Waals surface area contributed by atoms with Gasteiger partial charge >= 0.3 is 0 Å². The molecule has 1 unspecified atom stereocenters. The largest absolute Gasteiger partial charge is 0.234 e. The molecule has 1 atom stereocenters. The molecule has 0 bridgehead atoms.